The van der Waals surface area contributed by atoms with E-state index in [4.69, 9.17) is 4.74 Å². The number of hydrogen-bond acceptors (Lipinski definition) is 3. The van der Waals surface area contributed by atoms with Gasteiger partial charge in [0.1, 0.15) is 6.61 Å². The van der Waals surface area contributed by atoms with Gasteiger partial charge in [-0.05, 0) is 53.5 Å². The van der Waals surface area contributed by atoms with E-state index in [0.717, 1.165) is 22.0 Å². The first-order valence-corrected chi connectivity index (χ1v) is 9.37. The molecule has 1 fully saturated rings. The number of rotatable bonds is 6. The van der Waals surface area contributed by atoms with E-state index in [1.165, 1.54) is 0 Å². The van der Waals surface area contributed by atoms with E-state index >= 15 is 0 Å². The van der Waals surface area contributed by atoms with Crippen LogP contribution >= 0.6 is 0 Å². The van der Waals surface area contributed by atoms with Crippen molar-refractivity contribution < 1.29 is 19.4 Å². The van der Waals surface area contributed by atoms with Crippen molar-refractivity contribution in [2.75, 3.05) is 0 Å². The van der Waals surface area contributed by atoms with E-state index in [1.807, 2.05) is 60.8 Å². The molecule has 1 unspecified atom stereocenters. The predicted molar refractivity (Wildman–Crippen MR) is 105 cm³/mol. The highest BCUT2D eigenvalue weighted by molar-refractivity contribution is 5.83. The molecule has 1 aliphatic carbocycles. The van der Waals surface area contributed by atoms with Gasteiger partial charge >= 0.3 is 12.1 Å². The number of carboxylic acids is 1. The second-order valence-electron chi connectivity index (χ2n) is 7.27. The van der Waals surface area contributed by atoms with Crippen LogP contribution in [0.3, 0.4) is 0 Å². The minimum absolute atomic E-state index is 0.00619. The Morgan fingerprint density at radius 1 is 1.14 bits per heavy atom. The Labute approximate surface area is 162 Å². The number of fused-ring (bicyclic) bond motifs is 1. The summed E-state index contributed by atoms with van der Waals surface area (Å²) in [5, 5.41) is 13.6. The van der Waals surface area contributed by atoms with Gasteiger partial charge in [0, 0.05) is 17.8 Å². The molecule has 0 bridgehead atoms. The number of aromatic nitrogens is 1. The maximum absolute atomic E-state index is 12.0. The van der Waals surface area contributed by atoms with E-state index in [1.54, 1.807) is 0 Å². The van der Waals surface area contributed by atoms with Crippen LogP contribution in [0, 0.1) is 5.92 Å². The van der Waals surface area contributed by atoms with Crippen LogP contribution in [0.1, 0.15) is 29.9 Å². The van der Waals surface area contributed by atoms with Gasteiger partial charge in [-0.3, -0.25) is 4.79 Å². The molecule has 1 heterocycles. The average Bonchev–Trinajstić information content (AvgIpc) is 3.13. The Kier molecular flexibility index (Phi) is 5.02. The van der Waals surface area contributed by atoms with Gasteiger partial charge in [-0.15, -0.1) is 0 Å². The van der Waals surface area contributed by atoms with E-state index in [9.17, 15) is 14.7 Å². The fourth-order valence-electron chi connectivity index (χ4n) is 3.86. The first-order chi connectivity index (χ1) is 13.6. The quantitative estimate of drug-likeness (QED) is 0.604. The summed E-state index contributed by atoms with van der Waals surface area (Å²) < 4.78 is 5.23. The Bertz CT molecular complexity index is 976. The molecule has 0 aliphatic heterocycles. The lowest BCUT2D eigenvalue weighted by molar-refractivity contribution is -0.141. The standard InChI is InChI=1S/C22H22N2O4/c25-21(26)20(16-6-7-19-15(10-16)8-9-23-19)17-11-18(12-17)24-22(27)28-13-14-4-2-1-3-5-14/h1-10,17-18,20,23H,11-13H2,(H,24,27)(H,25,26). The third-order valence-corrected chi connectivity index (χ3v) is 5.38. The molecule has 2 aromatic carbocycles. The fourth-order valence-corrected chi connectivity index (χ4v) is 3.86. The van der Waals surface area contributed by atoms with E-state index in [0.29, 0.717) is 12.8 Å². The number of carbonyl (C=O) groups excluding carboxylic acids is 1. The van der Waals surface area contributed by atoms with E-state index < -0.39 is 18.0 Å². The van der Waals surface area contributed by atoms with Crippen LogP contribution in [0.4, 0.5) is 4.79 Å². The number of nitrogens with one attached hydrogen (secondary N) is 2. The summed E-state index contributed by atoms with van der Waals surface area (Å²) in [7, 11) is 0. The Morgan fingerprint density at radius 2 is 1.93 bits per heavy atom. The molecule has 6 nitrogen and oxygen atoms in total. The molecule has 1 aliphatic rings. The van der Waals surface area contributed by atoms with Crippen molar-refractivity contribution in [2.45, 2.75) is 31.4 Å². The van der Waals surface area contributed by atoms with Crippen LogP contribution < -0.4 is 5.32 Å². The zero-order valence-corrected chi connectivity index (χ0v) is 15.3. The lowest BCUT2D eigenvalue weighted by Crippen LogP contribution is -2.47. The second kappa shape index (κ2) is 7.76. The summed E-state index contributed by atoms with van der Waals surface area (Å²) in [4.78, 5) is 27.0. The van der Waals surface area contributed by atoms with Gasteiger partial charge in [0.2, 0.25) is 0 Å². The average molecular weight is 378 g/mol. The molecule has 6 heteroatoms. The van der Waals surface area contributed by atoms with Crippen LogP contribution in [-0.4, -0.2) is 28.2 Å². The molecule has 0 radical (unpaired) electrons. The summed E-state index contributed by atoms with van der Waals surface area (Å²) in [5.41, 5.74) is 2.71. The number of ether oxygens (including phenoxy) is 1. The van der Waals surface area contributed by atoms with Crippen molar-refractivity contribution in [1.29, 1.82) is 0 Å². The smallest absolute Gasteiger partial charge is 0.407 e. The molecule has 3 N–H and O–H groups in total. The minimum Gasteiger partial charge on any atom is -0.481 e. The van der Waals surface area contributed by atoms with Crippen LogP contribution in [-0.2, 0) is 16.1 Å². The van der Waals surface area contributed by atoms with Gasteiger partial charge in [-0.2, -0.15) is 0 Å². The number of benzene rings is 2. The summed E-state index contributed by atoms with van der Waals surface area (Å²) in [6.07, 6.45) is 2.63. The molecular formula is C22H22N2O4. The third-order valence-electron chi connectivity index (χ3n) is 5.38. The van der Waals surface area contributed by atoms with Gasteiger partial charge in [0.15, 0.2) is 0 Å². The molecule has 0 saturated heterocycles. The Balaban J connectivity index is 1.32. The molecule has 3 aromatic rings. The molecule has 1 saturated carbocycles. The molecule has 28 heavy (non-hydrogen) atoms. The van der Waals surface area contributed by atoms with Crippen molar-refractivity contribution in [3.8, 4) is 0 Å². The van der Waals surface area contributed by atoms with Crippen molar-refractivity contribution in [3.05, 3.63) is 71.9 Å². The molecular weight excluding hydrogens is 356 g/mol. The van der Waals surface area contributed by atoms with Gasteiger partial charge in [-0.25, -0.2) is 4.79 Å². The SMILES string of the molecule is O=C(NC1CC(C(C(=O)O)c2ccc3[nH]ccc3c2)C1)OCc1ccccc1. The predicted octanol–water partition coefficient (Wildman–Crippen LogP) is 4.04. The number of carbonyl (C=O) groups is 2. The summed E-state index contributed by atoms with van der Waals surface area (Å²) in [6.45, 7) is 0.219. The Hall–Kier alpha value is -3.28. The fraction of sp³-hybridized carbons (Fsp3) is 0.273. The van der Waals surface area contributed by atoms with Crippen LogP contribution in [0.15, 0.2) is 60.8 Å². The molecule has 144 valence electrons. The van der Waals surface area contributed by atoms with Gasteiger partial charge in [0.25, 0.3) is 0 Å². The van der Waals surface area contributed by atoms with Crippen molar-refractivity contribution in [1.82, 2.24) is 10.3 Å². The highest BCUT2D eigenvalue weighted by atomic mass is 16.5. The summed E-state index contributed by atoms with van der Waals surface area (Å²) >= 11 is 0. The number of carboxylic acid groups (broad SMARTS) is 1. The maximum Gasteiger partial charge on any atom is 0.407 e. The number of amides is 1. The minimum atomic E-state index is -0.829. The molecule has 0 spiro atoms. The first-order valence-electron chi connectivity index (χ1n) is 9.37. The summed E-state index contributed by atoms with van der Waals surface area (Å²) in [5.74, 6) is -1.41. The molecule has 1 atom stereocenters. The number of aromatic amines is 1. The van der Waals surface area contributed by atoms with Crippen molar-refractivity contribution in [3.63, 3.8) is 0 Å². The molecule has 4 rings (SSSR count). The second-order valence-corrected chi connectivity index (χ2v) is 7.27. The van der Waals surface area contributed by atoms with E-state index in [2.05, 4.69) is 10.3 Å². The van der Waals surface area contributed by atoms with Gasteiger partial charge in [0.05, 0.1) is 5.92 Å². The first kappa shape index (κ1) is 18.1. The Morgan fingerprint density at radius 3 is 2.68 bits per heavy atom. The topological polar surface area (TPSA) is 91.4 Å². The zero-order chi connectivity index (χ0) is 19.5. The summed E-state index contributed by atoms with van der Waals surface area (Å²) in [6, 6.07) is 17.1. The van der Waals surface area contributed by atoms with Gasteiger partial charge < -0.3 is 20.1 Å². The van der Waals surface area contributed by atoms with Crippen molar-refractivity contribution >= 4 is 23.0 Å². The van der Waals surface area contributed by atoms with Gasteiger partial charge in [-0.1, -0.05) is 36.4 Å². The lowest BCUT2D eigenvalue weighted by Gasteiger charge is -2.39. The number of alkyl carbamates (subject to hydrolysis) is 1. The number of H-pyrrole nitrogens is 1. The highest BCUT2D eigenvalue weighted by Crippen LogP contribution is 2.40. The van der Waals surface area contributed by atoms with Crippen LogP contribution in [0.5, 0.6) is 0 Å². The largest absolute Gasteiger partial charge is 0.481 e. The number of aliphatic carboxylic acids is 1. The van der Waals surface area contributed by atoms with Crippen molar-refractivity contribution in [2.24, 2.45) is 5.92 Å². The molecule has 1 amide bonds. The monoisotopic (exact) mass is 378 g/mol. The third kappa shape index (κ3) is 3.86. The van der Waals surface area contributed by atoms with Crippen LogP contribution in [0.25, 0.3) is 10.9 Å². The lowest BCUT2D eigenvalue weighted by atomic mass is 9.70. The van der Waals surface area contributed by atoms with Crippen LogP contribution in [0.2, 0.25) is 0 Å². The van der Waals surface area contributed by atoms with E-state index in [-0.39, 0.29) is 18.6 Å². The maximum atomic E-state index is 12.0. The zero-order valence-electron chi connectivity index (χ0n) is 15.3. The highest BCUT2D eigenvalue weighted by Gasteiger charge is 2.40. The molecule has 1 aromatic heterocycles. The number of hydrogen-bond donors (Lipinski definition) is 3. The normalized spacial score (nSPS) is 19.6.